The molecule has 0 aliphatic heterocycles. The van der Waals surface area contributed by atoms with Crippen molar-refractivity contribution in [3.63, 3.8) is 0 Å². The molecule has 1 heterocycles. The zero-order chi connectivity index (χ0) is 20.7. The molecule has 0 bridgehead atoms. The number of tetrazole rings is 1. The first-order chi connectivity index (χ1) is 13.2. The lowest BCUT2D eigenvalue weighted by molar-refractivity contribution is 0.101. The lowest BCUT2D eigenvalue weighted by Crippen LogP contribution is -2.19. The molecule has 0 unspecified atom stereocenters. The van der Waals surface area contributed by atoms with Gasteiger partial charge in [-0.05, 0) is 43.7 Å². The van der Waals surface area contributed by atoms with E-state index < -0.39 is 0 Å². The van der Waals surface area contributed by atoms with Crippen molar-refractivity contribution in [2.45, 2.75) is 72.1 Å². The summed E-state index contributed by atoms with van der Waals surface area (Å²) in [6.07, 6.45) is 4.75. The third-order valence-electron chi connectivity index (χ3n) is 4.84. The van der Waals surface area contributed by atoms with Crippen molar-refractivity contribution in [2.24, 2.45) is 5.92 Å². The van der Waals surface area contributed by atoms with E-state index in [4.69, 9.17) is 4.74 Å². The van der Waals surface area contributed by atoms with Gasteiger partial charge in [-0.2, -0.15) is 5.21 Å². The lowest BCUT2D eigenvalue weighted by Gasteiger charge is -2.20. The fraction of sp³-hybridized carbons (Fsp3) is 0.619. The van der Waals surface area contributed by atoms with Crippen LogP contribution in [0.5, 0.6) is 11.5 Å². The Labute approximate surface area is 166 Å². The maximum Gasteiger partial charge on any atom is 0.180 e. The van der Waals surface area contributed by atoms with Crippen LogP contribution in [0.15, 0.2) is 12.1 Å². The van der Waals surface area contributed by atoms with Gasteiger partial charge in [0.2, 0.25) is 0 Å². The molecule has 0 spiro atoms. The Hall–Kier alpha value is -2.44. The Morgan fingerprint density at radius 3 is 2.61 bits per heavy atom. The number of hydrogen-bond donors (Lipinski definition) is 2. The molecule has 7 nitrogen and oxygen atoms in total. The molecule has 0 radical (unpaired) electrons. The number of Topliss-reactive ketones (excluding diaryl/α,β-unsaturated/α-hetero) is 1. The highest BCUT2D eigenvalue weighted by Crippen LogP contribution is 2.31. The predicted molar refractivity (Wildman–Crippen MR) is 108 cm³/mol. The fourth-order valence-electron chi connectivity index (χ4n) is 3.22. The fourth-order valence-corrected chi connectivity index (χ4v) is 3.22. The minimum Gasteiger partial charge on any atom is -0.507 e. The lowest BCUT2D eigenvalue weighted by atomic mass is 9.86. The van der Waals surface area contributed by atoms with Crippen molar-refractivity contribution < 1.29 is 14.6 Å². The average molecular weight is 389 g/mol. The van der Waals surface area contributed by atoms with Gasteiger partial charge in [-0.3, -0.25) is 4.79 Å². The Balaban J connectivity index is 1.86. The molecular formula is C21H32N4O3. The Kier molecular flexibility index (Phi) is 7.54. The second-order valence-electron chi connectivity index (χ2n) is 8.41. The van der Waals surface area contributed by atoms with Gasteiger partial charge < -0.3 is 9.84 Å². The number of ether oxygens (including phenoxy) is 1. The van der Waals surface area contributed by atoms with Gasteiger partial charge in [0.1, 0.15) is 11.5 Å². The number of ketones is 1. The summed E-state index contributed by atoms with van der Waals surface area (Å²) in [4.78, 5) is 11.7. The summed E-state index contributed by atoms with van der Waals surface area (Å²) in [6.45, 7) is 10.5. The number of phenolic OH excluding ortho intramolecular Hbond substituents is 1. The number of H-pyrrole nitrogens is 1. The largest absolute Gasteiger partial charge is 0.507 e. The van der Waals surface area contributed by atoms with Gasteiger partial charge in [0, 0.05) is 11.5 Å². The standard InChI is InChI=1S/C21H32N4O3/c1-14(2)11-16-12-17(15(3)26)18(27)13-19(16)28-10-8-6-7-9-21(4,5)20-22-24-25-23-20/h12-14,27H,6-11H2,1-5H3,(H,22,23,24,25). The topological polar surface area (TPSA) is 101 Å². The van der Waals surface area contributed by atoms with Crippen LogP contribution in [0.2, 0.25) is 0 Å². The van der Waals surface area contributed by atoms with Gasteiger partial charge in [0.05, 0.1) is 12.2 Å². The first-order valence-electron chi connectivity index (χ1n) is 9.94. The Morgan fingerprint density at radius 1 is 1.25 bits per heavy atom. The number of hydrogen-bond acceptors (Lipinski definition) is 6. The highest BCUT2D eigenvalue weighted by atomic mass is 16.5. The van der Waals surface area contributed by atoms with Gasteiger partial charge in [-0.25, -0.2) is 0 Å². The molecule has 2 N–H and O–H groups in total. The number of nitrogens with zero attached hydrogens (tertiary/aromatic N) is 3. The molecule has 1 aromatic carbocycles. The van der Waals surface area contributed by atoms with Crippen LogP contribution in [-0.4, -0.2) is 38.1 Å². The number of nitrogens with one attached hydrogen (secondary N) is 1. The molecule has 2 aromatic rings. The minimum atomic E-state index is -0.140. The van der Waals surface area contributed by atoms with Crippen molar-refractivity contribution >= 4 is 5.78 Å². The second-order valence-corrected chi connectivity index (χ2v) is 8.41. The maximum atomic E-state index is 11.7. The quantitative estimate of drug-likeness (QED) is 0.441. The molecule has 7 heteroatoms. The molecule has 28 heavy (non-hydrogen) atoms. The number of aromatic amines is 1. The number of benzene rings is 1. The van der Waals surface area contributed by atoms with Crippen molar-refractivity contribution in [3.05, 3.63) is 29.1 Å². The highest BCUT2D eigenvalue weighted by molar-refractivity contribution is 5.97. The van der Waals surface area contributed by atoms with Gasteiger partial charge in [0.15, 0.2) is 11.6 Å². The van der Waals surface area contributed by atoms with E-state index in [2.05, 4.69) is 48.3 Å². The van der Waals surface area contributed by atoms with E-state index in [-0.39, 0.29) is 16.9 Å². The van der Waals surface area contributed by atoms with Crippen LogP contribution in [0.25, 0.3) is 0 Å². The summed E-state index contributed by atoms with van der Waals surface area (Å²) in [5.41, 5.74) is 1.22. The molecule has 0 amide bonds. The second kappa shape index (κ2) is 9.66. The number of rotatable bonds is 11. The van der Waals surface area contributed by atoms with Crippen molar-refractivity contribution in [1.82, 2.24) is 20.6 Å². The summed E-state index contributed by atoms with van der Waals surface area (Å²) < 4.78 is 5.95. The van der Waals surface area contributed by atoms with Crippen molar-refractivity contribution in [3.8, 4) is 11.5 Å². The van der Waals surface area contributed by atoms with E-state index >= 15 is 0 Å². The molecule has 0 atom stereocenters. The van der Waals surface area contributed by atoms with E-state index in [1.54, 1.807) is 12.1 Å². The first-order valence-corrected chi connectivity index (χ1v) is 9.94. The third kappa shape index (κ3) is 6.04. The van der Waals surface area contributed by atoms with Crippen LogP contribution in [0.1, 0.15) is 82.0 Å². The van der Waals surface area contributed by atoms with Gasteiger partial charge in [-0.1, -0.05) is 45.7 Å². The number of unbranched alkanes of at least 4 members (excludes halogenated alkanes) is 2. The summed E-state index contributed by atoms with van der Waals surface area (Å²) in [7, 11) is 0. The van der Waals surface area contributed by atoms with Crippen LogP contribution in [0.3, 0.4) is 0 Å². The summed E-state index contributed by atoms with van der Waals surface area (Å²) in [5, 5.41) is 24.4. The van der Waals surface area contributed by atoms with Crippen LogP contribution in [0, 0.1) is 5.92 Å². The van der Waals surface area contributed by atoms with E-state index in [1.165, 1.54) is 6.92 Å². The van der Waals surface area contributed by atoms with Crippen LogP contribution in [-0.2, 0) is 11.8 Å². The molecule has 2 rings (SSSR count). The number of carbonyl (C=O) groups is 1. The molecule has 0 aliphatic rings. The molecular weight excluding hydrogens is 356 g/mol. The third-order valence-corrected chi connectivity index (χ3v) is 4.84. The number of phenols is 1. The number of aromatic nitrogens is 4. The van der Waals surface area contributed by atoms with Crippen molar-refractivity contribution in [2.75, 3.05) is 6.61 Å². The zero-order valence-electron chi connectivity index (χ0n) is 17.6. The first kappa shape index (κ1) is 21.9. The summed E-state index contributed by atoms with van der Waals surface area (Å²) in [5.74, 6) is 1.68. The maximum absolute atomic E-state index is 11.7. The molecule has 0 fully saturated rings. The molecule has 1 aromatic heterocycles. The SMILES string of the molecule is CC(=O)c1cc(CC(C)C)c(OCCCCCC(C)(C)c2nn[nH]n2)cc1O. The Morgan fingerprint density at radius 2 is 2.00 bits per heavy atom. The molecule has 0 aliphatic carbocycles. The van der Waals surface area contributed by atoms with Crippen LogP contribution >= 0.6 is 0 Å². The summed E-state index contributed by atoms with van der Waals surface area (Å²) in [6, 6.07) is 3.34. The molecule has 0 saturated carbocycles. The molecule has 0 saturated heterocycles. The van der Waals surface area contributed by atoms with Crippen LogP contribution in [0.4, 0.5) is 0 Å². The van der Waals surface area contributed by atoms with Crippen molar-refractivity contribution in [1.29, 1.82) is 0 Å². The zero-order valence-corrected chi connectivity index (χ0v) is 17.6. The minimum absolute atomic E-state index is 0.0168. The highest BCUT2D eigenvalue weighted by Gasteiger charge is 2.24. The van der Waals surface area contributed by atoms with Gasteiger partial charge in [-0.15, -0.1) is 10.2 Å². The normalized spacial score (nSPS) is 11.8. The van der Waals surface area contributed by atoms with E-state index in [0.717, 1.165) is 43.5 Å². The smallest absolute Gasteiger partial charge is 0.180 e. The van der Waals surface area contributed by atoms with Gasteiger partial charge in [0.25, 0.3) is 0 Å². The monoisotopic (exact) mass is 388 g/mol. The Bertz CT molecular complexity index is 770. The van der Waals surface area contributed by atoms with E-state index in [1.807, 2.05) is 0 Å². The summed E-state index contributed by atoms with van der Waals surface area (Å²) >= 11 is 0. The van der Waals surface area contributed by atoms with Gasteiger partial charge >= 0.3 is 0 Å². The van der Waals surface area contributed by atoms with E-state index in [0.29, 0.717) is 23.8 Å². The number of carbonyl (C=O) groups excluding carboxylic acids is 1. The predicted octanol–water partition coefficient (Wildman–Crippen LogP) is 4.22. The van der Waals surface area contributed by atoms with Crippen LogP contribution < -0.4 is 4.74 Å². The van der Waals surface area contributed by atoms with E-state index in [9.17, 15) is 9.90 Å². The average Bonchev–Trinajstić information content (AvgIpc) is 3.14. The number of aromatic hydroxyl groups is 1. The molecule has 154 valence electrons.